The molecule has 0 aliphatic carbocycles. The fourth-order valence-electron chi connectivity index (χ4n) is 1.87. The lowest BCUT2D eigenvalue weighted by Gasteiger charge is -2.18. The van der Waals surface area contributed by atoms with Gasteiger partial charge in [-0.05, 0) is 32.1 Å². The average molecular weight is 196 g/mol. The van der Waals surface area contributed by atoms with Gasteiger partial charge in [-0.25, -0.2) is 0 Å². The smallest absolute Gasteiger partial charge is 0.0591 e. The van der Waals surface area contributed by atoms with E-state index in [1.807, 2.05) is 0 Å². The van der Waals surface area contributed by atoms with Crippen molar-refractivity contribution >= 4 is 0 Å². The van der Waals surface area contributed by atoms with Gasteiger partial charge >= 0.3 is 0 Å². The Morgan fingerprint density at radius 2 is 2.50 bits per heavy atom. The van der Waals surface area contributed by atoms with Gasteiger partial charge in [-0.15, -0.1) is 12.3 Å². The van der Waals surface area contributed by atoms with Gasteiger partial charge in [-0.3, -0.25) is 11.3 Å². The number of hydrogen-bond donors (Lipinski definition) is 2. The zero-order valence-corrected chi connectivity index (χ0v) is 8.67. The van der Waals surface area contributed by atoms with Crippen LogP contribution in [-0.4, -0.2) is 18.8 Å². The molecule has 0 aromatic heterocycles. The number of rotatable bonds is 6. The van der Waals surface area contributed by atoms with Crippen molar-refractivity contribution < 1.29 is 4.74 Å². The molecule has 1 aliphatic heterocycles. The first-order valence-electron chi connectivity index (χ1n) is 5.38. The Labute approximate surface area is 86.4 Å². The van der Waals surface area contributed by atoms with Crippen LogP contribution in [0.4, 0.5) is 0 Å². The van der Waals surface area contributed by atoms with Crippen molar-refractivity contribution in [2.24, 2.45) is 5.84 Å². The number of ether oxygens (including phenoxy) is 1. The van der Waals surface area contributed by atoms with Crippen molar-refractivity contribution in [2.45, 2.75) is 50.7 Å². The van der Waals surface area contributed by atoms with E-state index in [9.17, 15) is 0 Å². The molecule has 0 bridgehead atoms. The molecule has 3 nitrogen and oxygen atoms in total. The first kappa shape index (κ1) is 11.5. The zero-order valence-electron chi connectivity index (χ0n) is 8.67. The van der Waals surface area contributed by atoms with Gasteiger partial charge in [0, 0.05) is 19.1 Å². The average Bonchev–Trinajstić information content (AvgIpc) is 2.69. The third kappa shape index (κ3) is 4.10. The minimum Gasteiger partial charge on any atom is -0.378 e. The molecular weight excluding hydrogens is 176 g/mol. The lowest BCUT2D eigenvalue weighted by molar-refractivity contribution is 0.0934. The van der Waals surface area contributed by atoms with Crippen LogP contribution in [0.15, 0.2) is 0 Å². The summed E-state index contributed by atoms with van der Waals surface area (Å²) in [6.45, 7) is 0.909. The fraction of sp³-hybridized carbons (Fsp3) is 0.818. The summed E-state index contributed by atoms with van der Waals surface area (Å²) < 4.78 is 5.56. The van der Waals surface area contributed by atoms with Crippen LogP contribution in [0, 0.1) is 12.3 Å². The summed E-state index contributed by atoms with van der Waals surface area (Å²) in [6.07, 6.45) is 11.9. The summed E-state index contributed by atoms with van der Waals surface area (Å²) in [4.78, 5) is 0. The Hall–Kier alpha value is -0.560. The van der Waals surface area contributed by atoms with E-state index in [-0.39, 0.29) is 0 Å². The van der Waals surface area contributed by atoms with E-state index in [1.165, 1.54) is 12.8 Å². The summed E-state index contributed by atoms with van der Waals surface area (Å²) in [7, 11) is 0. The Bertz CT molecular complexity index is 182. The van der Waals surface area contributed by atoms with Crippen molar-refractivity contribution in [3.63, 3.8) is 0 Å². The highest BCUT2D eigenvalue weighted by atomic mass is 16.5. The van der Waals surface area contributed by atoms with Crippen molar-refractivity contribution in [2.75, 3.05) is 6.61 Å². The Morgan fingerprint density at radius 3 is 3.07 bits per heavy atom. The van der Waals surface area contributed by atoms with Crippen LogP contribution in [0.25, 0.3) is 0 Å². The van der Waals surface area contributed by atoms with Gasteiger partial charge in [0.1, 0.15) is 0 Å². The van der Waals surface area contributed by atoms with E-state index in [2.05, 4.69) is 11.3 Å². The summed E-state index contributed by atoms with van der Waals surface area (Å²) in [5.41, 5.74) is 2.84. The van der Waals surface area contributed by atoms with Gasteiger partial charge in [0.15, 0.2) is 0 Å². The SMILES string of the molecule is C#CCCCC(CC1CCCO1)NN. The van der Waals surface area contributed by atoms with Crippen LogP contribution in [0.2, 0.25) is 0 Å². The lowest BCUT2D eigenvalue weighted by atomic mass is 10.0. The summed E-state index contributed by atoms with van der Waals surface area (Å²) in [5.74, 6) is 8.12. The Morgan fingerprint density at radius 1 is 1.64 bits per heavy atom. The van der Waals surface area contributed by atoms with E-state index in [0.29, 0.717) is 12.1 Å². The van der Waals surface area contributed by atoms with Crippen LogP contribution in [0.1, 0.15) is 38.5 Å². The van der Waals surface area contributed by atoms with Gasteiger partial charge in [-0.2, -0.15) is 0 Å². The molecule has 0 saturated carbocycles. The topological polar surface area (TPSA) is 47.3 Å². The second kappa shape index (κ2) is 6.83. The van der Waals surface area contributed by atoms with Crippen LogP contribution >= 0.6 is 0 Å². The highest BCUT2D eigenvalue weighted by molar-refractivity contribution is 4.84. The fourth-order valence-corrected chi connectivity index (χ4v) is 1.87. The molecule has 1 saturated heterocycles. The van der Waals surface area contributed by atoms with E-state index < -0.39 is 0 Å². The van der Waals surface area contributed by atoms with Gasteiger partial charge < -0.3 is 4.74 Å². The predicted molar refractivity (Wildman–Crippen MR) is 57.4 cm³/mol. The summed E-state index contributed by atoms with van der Waals surface area (Å²) >= 11 is 0. The molecule has 0 radical (unpaired) electrons. The third-order valence-corrected chi connectivity index (χ3v) is 2.68. The maximum atomic E-state index is 5.56. The second-order valence-electron chi connectivity index (χ2n) is 3.83. The number of hydrazine groups is 1. The van der Waals surface area contributed by atoms with E-state index >= 15 is 0 Å². The first-order chi connectivity index (χ1) is 6.86. The molecule has 3 heteroatoms. The van der Waals surface area contributed by atoms with Gasteiger partial charge in [0.25, 0.3) is 0 Å². The van der Waals surface area contributed by atoms with Gasteiger partial charge in [0.05, 0.1) is 6.10 Å². The number of terminal acetylenes is 1. The Kier molecular flexibility index (Phi) is 5.62. The standard InChI is InChI=1S/C11H20N2O/c1-2-3-4-6-10(13-12)9-11-7-5-8-14-11/h1,10-11,13H,3-9,12H2. The van der Waals surface area contributed by atoms with Crippen LogP contribution in [0.5, 0.6) is 0 Å². The maximum Gasteiger partial charge on any atom is 0.0591 e. The number of unbranched alkanes of at least 4 members (excludes halogenated alkanes) is 1. The van der Waals surface area contributed by atoms with Crippen molar-refractivity contribution in [1.29, 1.82) is 0 Å². The molecule has 0 aromatic rings. The molecule has 0 amide bonds. The van der Waals surface area contributed by atoms with Crippen molar-refractivity contribution in [1.82, 2.24) is 5.43 Å². The molecular formula is C11H20N2O. The van der Waals surface area contributed by atoms with E-state index in [4.69, 9.17) is 17.0 Å². The van der Waals surface area contributed by atoms with Crippen LogP contribution < -0.4 is 11.3 Å². The first-order valence-corrected chi connectivity index (χ1v) is 5.38. The lowest BCUT2D eigenvalue weighted by Crippen LogP contribution is -2.37. The maximum absolute atomic E-state index is 5.56. The summed E-state index contributed by atoms with van der Waals surface area (Å²) in [6, 6.07) is 0.353. The Balaban J connectivity index is 2.13. The minimum absolute atomic E-state index is 0.353. The largest absolute Gasteiger partial charge is 0.378 e. The minimum atomic E-state index is 0.353. The number of hydrogen-bond acceptors (Lipinski definition) is 3. The second-order valence-corrected chi connectivity index (χ2v) is 3.83. The molecule has 2 unspecified atom stereocenters. The molecule has 1 fully saturated rings. The molecule has 0 aromatic carbocycles. The predicted octanol–water partition coefficient (Wildman–Crippen LogP) is 1.19. The molecule has 3 N–H and O–H groups in total. The van der Waals surface area contributed by atoms with Crippen molar-refractivity contribution in [3.8, 4) is 12.3 Å². The highest BCUT2D eigenvalue weighted by Gasteiger charge is 2.19. The number of nitrogens with one attached hydrogen (secondary N) is 1. The molecule has 1 rings (SSSR count). The normalized spacial score (nSPS) is 23.3. The van der Waals surface area contributed by atoms with Crippen LogP contribution in [0.3, 0.4) is 0 Å². The van der Waals surface area contributed by atoms with Gasteiger partial charge in [0.2, 0.25) is 0 Å². The third-order valence-electron chi connectivity index (χ3n) is 2.68. The van der Waals surface area contributed by atoms with E-state index in [1.54, 1.807) is 0 Å². The molecule has 1 heterocycles. The molecule has 80 valence electrons. The zero-order chi connectivity index (χ0) is 10.2. The van der Waals surface area contributed by atoms with Crippen molar-refractivity contribution in [3.05, 3.63) is 0 Å². The molecule has 2 atom stereocenters. The monoisotopic (exact) mass is 196 g/mol. The number of nitrogens with two attached hydrogens (primary N) is 1. The van der Waals surface area contributed by atoms with E-state index in [0.717, 1.165) is 32.3 Å². The molecule has 0 spiro atoms. The molecule has 1 aliphatic rings. The highest BCUT2D eigenvalue weighted by Crippen LogP contribution is 2.18. The quantitative estimate of drug-likeness (QED) is 0.290. The summed E-state index contributed by atoms with van der Waals surface area (Å²) in [5, 5.41) is 0. The van der Waals surface area contributed by atoms with Gasteiger partial charge in [-0.1, -0.05) is 0 Å². The van der Waals surface area contributed by atoms with Crippen LogP contribution in [-0.2, 0) is 4.74 Å². The molecule has 14 heavy (non-hydrogen) atoms.